The van der Waals surface area contributed by atoms with E-state index in [0.717, 1.165) is 0 Å². The number of rotatable bonds is 0. The lowest BCUT2D eigenvalue weighted by Crippen LogP contribution is -2.09. The predicted octanol–water partition coefficient (Wildman–Crippen LogP) is 0.383. The Morgan fingerprint density at radius 3 is 3.30 bits per heavy atom. The lowest BCUT2D eigenvalue weighted by atomic mass is 10.7. The molecule has 0 aromatic rings. The first kappa shape index (κ1) is 5.22. The van der Waals surface area contributed by atoms with Crippen LogP contribution in [-0.2, 0) is 0 Å². The molecule has 10 heavy (non-hydrogen) atoms. The van der Waals surface area contributed by atoms with Gasteiger partial charge in [0.25, 0.3) is 0 Å². The number of hydrogen-bond acceptors (Lipinski definition) is 3. The van der Waals surface area contributed by atoms with Gasteiger partial charge in [0.2, 0.25) is 0 Å². The molecule has 2 rings (SSSR count). The van der Waals surface area contributed by atoms with E-state index < -0.39 is 0 Å². The van der Waals surface area contributed by atoms with Crippen LogP contribution < -0.4 is 5.49 Å². The van der Waals surface area contributed by atoms with Crippen molar-refractivity contribution < 1.29 is 4.42 Å². The number of nitrogens with zero attached hydrogens (tertiary/aromatic N) is 2. The summed E-state index contributed by atoms with van der Waals surface area (Å²) < 4.78 is 6.47. The van der Waals surface area contributed by atoms with Crippen LogP contribution in [0.5, 0.6) is 0 Å². The second-order valence-electron chi connectivity index (χ2n) is 1.91. The van der Waals surface area contributed by atoms with Gasteiger partial charge in [-0.1, -0.05) is 0 Å². The van der Waals surface area contributed by atoms with Gasteiger partial charge in [0.05, 0.1) is 6.20 Å². The fourth-order valence-corrected chi connectivity index (χ4v) is 0.815. The summed E-state index contributed by atoms with van der Waals surface area (Å²) in [6.07, 6.45) is 6.14. The summed E-state index contributed by atoms with van der Waals surface area (Å²) in [6, 6.07) is 0. The quantitative estimate of drug-likeness (QED) is 0.567. The third-order valence-corrected chi connectivity index (χ3v) is 1.29. The molecule has 2 heterocycles. The normalized spacial score (nSPS) is 10.4. The first-order valence-corrected chi connectivity index (χ1v) is 2.82. The molecule has 0 unspecified atom stereocenters. The van der Waals surface area contributed by atoms with Crippen molar-refractivity contribution >= 4 is 0 Å². The standard InChI is InChI=1S/C6H5N3O/c7-5-3-8-6-4-10-2-1-9(5)6/h1-4,7H. The summed E-state index contributed by atoms with van der Waals surface area (Å²) in [7, 11) is 0. The van der Waals surface area contributed by atoms with Crippen LogP contribution in [-0.4, -0.2) is 9.55 Å². The van der Waals surface area contributed by atoms with Gasteiger partial charge in [-0.2, -0.15) is 0 Å². The lowest BCUT2D eigenvalue weighted by Gasteiger charge is -1.95. The van der Waals surface area contributed by atoms with Crippen molar-refractivity contribution in [3.8, 4) is 5.82 Å². The molecule has 0 saturated heterocycles. The topological polar surface area (TPSA) is 54.8 Å². The summed E-state index contributed by atoms with van der Waals surface area (Å²) in [4.78, 5) is 3.90. The minimum absolute atomic E-state index is 0.366. The van der Waals surface area contributed by atoms with Gasteiger partial charge in [-0.15, -0.1) is 0 Å². The Morgan fingerprint density at radius 1 is 1.60 bits per heavy atom. The number of fused-ring (bicyclic) bond motifs is 1. The average molecular weight is 135 g/mol. The van der Waals surface area contributed by atoms with Gasteiger partial charge >= 0.3 is 0 Å². The van der Waals surface area contributed by atoms with Crippen molar-refractivity contribution in [1.29, 1.82) is 5.41 Å². The Kier molecular flexibility index (Phi) is 0.887. The van der Waals surface area contributed by atoms with Gasteiger partial charge < -0.3 is 4.42 Å². The Bertz CT molecular complexity index is 362. The zero-order valence-electron chi connectivity index (χ0n) is 5.11. The van der Waals surface area contributed by atoms with E-state index in [2.05, 4.69) is 4.98 Å². The highest BCUT2D eigenvalue weighted by atomic mass is 16.3. The number of nitrogens with one attached hydrogen (secondary N) is 1. The lowest BCUT2D eigenvalue weighted by molar-refractivity contribution is 0.531. The highest BCUT2D eigenvalue weighted by molar-refractivity contribution is 5.17. The van der Waals surface area contributed by atoms with Gasteiger partial charge in [0.15, 0.2) is 5.82 Å². The van der Waals surface area contributed by atoms with Crippen LogP contribution in [0.3, 0.4) is 0 Å². The number of hydrogen-bond donors (Lipinski definition) is 1. The van der Waals surface area contributed by atoms with Crippen molar-refractivity contribution in [2.75, 3.05) is 0 Å². The third-order valence-electron chi connectivity index (χ3n) is 1.29. The van der Waals surface area contributed by atoms with E-state index in [0.29, 0.717) is 11.3 Å². The molecule has 0 aliphatic carbocycles. The monoisotopic (exact) mass is 135 g/mol. The van der Waals surface area contributed by atoms with Crippen LogP contribution in [0, 0.1) is 5.41 Å². The van der Waals surface area contributed by atoms with E-state index in [1.54, 1.807) is 10.8 Å². The zero-order chi connectivity index (χ0) is 6.97. The molecule has 50 valence electrons. The Hall–Kier alpha value is -1.58. The molecule has 0 bridgehead atoms. The van der Waals surface area contributed by atoms with Gasteiger partial charge in [-0.3, -0.25) is 9.98 Å². The fourth-order valence-electron chi connectivity index (χ4n) is 0.815. The molecule has 2 aliphatic heterocycles. The SMILES string of the molecule is N=c1cnc2coccn1-2. The van der Waals surface area contributed by atoms with Crippen molar-refractivity contribution in [2.45, 2.75) is 0 Å². The van der Waals surface area contributed by atoms with Crippen LogP contribution in [0.25, 0.3) is 5.82 Å². The summed E-state index contributed by atoms with van der Waals surface area (Å²) in [5.41, 5.74) is 0.366. The molecule has 0 aromatic heterocycles. The smallest absolute Gasteiger partial charge is 0.174 e. The highest BCUT2D eigenvalue weighted by Crippen LogP contribution is 1.99. The third kappa shape index (κ3) is 0.556. The minimum atomic E-state index is 0.366. The maximum atomic E-state index is 7.30. The molecule has 0 fully saturated rings. The molecule has 4 nitrogen and oxygen atoms in total. The molecule has 0 amide bonds. The number of aromatic nitrogens is 2. The second-order valence-corrected chi connectivity index (χ2v) is 1.91. The first-order chi connectivity index (χ1) is 4.88. The maximum Gasteiger partial charge on any atom is 0.174 e. The van der Waals surface area contributed by atoms with Crippen molar-refractivity contribution in [3.63, 3.8) is 0 Å². The Balaban J connectivity index is 2.91. The summed E-state index contributed by atoms with van der Waals surface area (Å²) in [6.45, 7) is 0. The summed E-state index contributed by atoms with van der Waals surface area (Å²) >= 11 is 0. The minimum Gasteiger partial charge on any atom is -0.467 e. The Morgan fingerprint density at radius 2 is 2.50 bits per heavy atom. The molecule has 0 aromatic carbocycles. The van der Waals surface area contributed by atoms with E-state index >= 15 is 0 Å². The summed E-state index contributed by atoms with van der Waals surface area (Å²) in [5.74, 6) is 0.660. The van der Waals surface area contributed by atoms with Crippen molar-refractivity contribution in [2.24, 2.45) is 0 Å². The van der Waals surface area contributed by atoms with Crippen LogP contribution in [0.2, 0.25) is 0 Å². The molecule has 4 heteroatoms. The van der Waals surface area contributed by atoms with Crippen LogP contribution in [0.15, 0.2) is 29.3 Å². The maximum absolute atomic E-state index is 7.30. The Labute approximate surface area is 56.6 Å². The molecule has 1 N–H and O–H groups in total. The van der Waals surface area contributed by atoms with E-state index in [1.165, 1.54) is 18.7 Å². The average Bonchev–Trinajstić information content (AvgIpc) is 2.34. The zero-order valence-corrected chi connectivity index (χ0v) is 5.11. The largest absolute Gasteiger partial charge is 0.467 e. The second kappa shape index (κ2) is 1.70. The van der Waals surface area contributed by atoms with Gasteiger partial charge in [-0.25, -0.2) is 4.98 Å². The van der Waals surface area contributed by atoms with Crippen LogP contribution in [0.4, 0.5) is 0 Å². The van der Waals surface area contributed by atoms with E-state index in [9.17, 15) is 0 Å². The predicted molar refractivity (Wildman–Crippen MR) is 32.9 cm³/mol. The molecule has 0 saturated carbocycles. The van der Waals surface area contributed by atoms with E-state index in [1.807, 2.05) is 0 Å². The van der Waals surface area contributed by atoms with E-state index in [-0.39, 0.29) is 0 Å². The molecular weight excluding hydrogens is 130 g/mol. The molecule has 0 radical (unpaired) electrons. The first-order valence-electron chi connectivity index (χ1n) is 2.82. The molecular formula is C6H5N3O. The van der Waals surface area contributed by atoms with Gasteiger partial charge in [0.1, 0.15) is 18.0 Å². The van der Waals surface area contributed by atoms with Gasteiger partial charge in [0, 0.05) is 6.20 Å². The molecule has 0 spiro atoms. The van der Waals surface area contributed by atoms with Crippen LogP contribution in [0.1, 0.15) is 0 Å². The number of imidazole rings is 1. The van der Waals surface area contributed by atoms with Crippen molar-refractivity contribution in [1.82, 2.24) is 9.55 Å². The fraction of sp³-hybridized carbons (Fsp3) is 0. The summed E-state index contributed by atoms with van der Waals surface area (Å²) in [5, 5.41) is 7.30. The molecule has 2 aliphatic rings. The van der Waals surface area contributed by atoms with Crippen molar-refractivity contribution in [3.05, 3.63) is 30.4 Å². The van der Waals surface area contributed by atoms with Gasteiger partial charge in [-0.05, 0) is 0 Å². The highest BCUT2D eigenvalue weighted by Gasteiger charge is 2.00. The van der Waals surface area contributed by atoms with E-state index in [4.69, 9.17) is 9.83 Å². The van der Waals surface area contributed by atoms with Crippen LogP contribution >= 0.6 is 0 Å². The molecule has 0 atom stereocenters.